The molecule has 0 heterocycles. The minimum absolute atomic E-state index is 0.570. The third-order valence-electron chi connectivity index (χ3n) is 6.87. The highest BCUT2D eigenvalue weighted by Gasteiger charge is 2.56. The van der Waals surface area contributed by atoms with Gasteiger partial charge in [0, 0.05) is 23.1 Å². The van der Waals surface area contributed by atoms with Gasteiger partial charge >= 0.3 is 0 Å². The van der Waals surface area contributed by atoms with Crippen molar-refractivity contribution >= 4 is 23.2 Å². The second kappa shape index (κ2) is 8.53. The number of halogens is 2. The van der Waals surface area contributed by atoms with Crippen molar-refractivity contribution in [3.8, 4) is 0 Å². The first-order valence-corrected chi connectivity index (χ1v) is 10.8. The van der Waals surface area contributed by atoms with Crippen LogP contribution in [0.25, 0.3) is 0 Å². The monoisotopic (exact) mass is 402 g/mol. The fraction of sp³-hybridized carbons (Fsp3) is 0.478. The molecule has 2 fully saturated rings. The molecule has 144 valence electrons. The molecule has 0 aliphatic heterocycles. The Labute approximate surface area is 172 Å². The van der Waals surface area contributed by atoms with Gasteiger partial charge in [-0.15, -0.1) is 0 Å². The molecule has 2 nitrogen and oxygen atoms in total. The van der Waals surface area contributed by atoms with E-state index in [0.29, 0.717) is 5.41 Å². The molecule has 2 aromatic carbocycles. The van der Waals surface area contributed by atoms with E-state index < -0.39 is 0 Å². The molecule has 2 unspecified atom stereocenters. The molecule has 1 spiro atoms. The van der Waals surface area contributed by atoms with Gasteiger partial charge in [-0.1, -0.05) is 59.6 Å². The Balaban J connectivity index is 1.24. The van der Waals surface area contributed by atoms with Crippen molar-refractivity contribution < 1.29 is 0 Å². The van der Waals surface area contributed by atoms with Crippen LogP contribution in [0.1, 0.15) is 36.8 Å². The summed E-state index contributed by atoms with van der Waals surface area (Å²) in [5.41, 5.74) is 2.96. The number of nitrogens with one attached hydrogen (secondary N) is 2. The Hall–Kier alpha value is -1.06. The summed E-state index contributed by atoms with van der Waals surface area (Å²) in [7, 11) is 0. The van der Waals surface area contributed by atoms with Crippen molar-refractivity contribution in [3.05, 3.63) is 69.7 Å². The van der Waals surface area contributed by atoms with Crippen LogP contribution < -0.4 is 10.6 Å². The second-order valence-electron chi connectivity index (χ2n) is 8.15. The maximum Gasteiger partial charge on any atom is 0.0450 e. The second-order valence-corrected chi connectivity index (χ2v) is 8.96. The molecule has 0 aromatic heterocycles. The molecule has 4 heteroatoms. The van der Waals surface area contributed by atoms with Crippen molar-refractivity contribution in [1.82, 2.24) is 10.6 Å². The molecule has 2 N–H and O–H groups in total. The average Bonchev–Trinajstić information content (AvgIpc) is 2.63. The van der Waals surface area contributed by atoms with Crippen LogP contribution in [0.2, 0.25) is 10.0 Å². The van der Waals surface area contributed by atoms with Crippen LogP contribution in [0.3, 0.4) is 0 Å². The maximum atomic E-state index is 6.27. The van der Waals surface area contributed by atoms with E-state index >= 15 is 0 Å². The number of benzene rings is 2. The molecule has 2 aliphatic carbocycles. The molecule has 0 amide bonds. The van der Waals surface area contributed by atoms with Gasteiger partial charge in [-0.05, 0) is 79.3 Å². The quantitative estimate of drug-likeness (QED) is 0.593. The molecule has 4 rings (SSSR count). The van der Waals surface area contributed by atoms with Gasteiger partial charge in [-0.2, -0.15) is 0 Å². The lowest BCUT2D eigenvalue weighted by Gasteiger charge is -2.62. The molecule has 2 atom stereocenters. The summed E-state index contributed by atoms with van der Waals surface area (Å²) in [4.78, 5) is 0. The first-order chi connectivity index (χ1) is 13.2. The van der Waals surface area contributed by atoms with Gasteiger partial charge in [0.15, 0.2) is 0 Å². The topological polar surface area (TPSA) is 24.1 Å². The highest BCUT2D eigenvalue weighted by Crippen LogP contribution is 2.62. The van der Waals surface area contributed by atoms with E-state index in [-0.39, 0.29) is 0 Å². The van der Waals surface area contributed by atoms with Crippen LogP contribution in [0.5, 0.6) is 0 Å². The number of hydrogen-bond acceptors (Lipinski definition) is 2. The van der Waals surface area contributed by atoms with Crippen molar-refractivity contribution in [1.29, 1.82) is 0 Å². The Morgan fingerprint density at radius 3 is 1.56 bits per heavy atom. The van der Waals surface area contributed by atoms with Gasteiger partial charge in [0.05, 0.1) is 0 Å². The minimum atomic E-state index is 0.570. The van der Waals surface area contributed by atoms with E-state index in [1.165, 1.54) is 36.8 Å². The van der Waals surface area contributed by atoms with Crippen LogP contribution in [-0.4, -0.2) is 13.1 Å². The van der Waals surface area contributed by atoms with Crippen molar-refractivity contribution in [2.45, 2.75) is 38.8 Å². The number of rotatable bonds is 8. The van der Waals surface area contributed by atoms with E-state index in [1.54, 1.807) is 0 Å². The summed E-state index contributed by atoms with van der Waals surface area (Å²) in [6.45, 7) is 3.93. The van der Waals surface area contributed by atoms with Crippen LogP contribution in [-0.2, 0) is 13.1 Å². The van der Waals surface area contributed by atoms with Crippen LogP contribution in [0.15, 0.2) is 48.5 Å². The molecule has 2 saturated carbocycles. The van der Waals surface area contributed by atoms with Crippen molar-refractivity contribution in [2.24, 2.45) is 17.3 Å². The van der Waals surface area contributed by atoms with E-state index in [4.69, 9.17) is 23.2 Å². The zero-order chi connectivity index (χ0) is 18.7. The largest absolute Gasteiger partial charge is 0.312 e. The van der Waals surface area contributed by atoms with E-state index in [0.717, 1.165) is 48.1 Å². The van der Waals surface area contributed by atoms with Gasteiger partial charge in [0.25, 0.3) is 0 Å². The van der Waals surface area contributed by atoms with Gasteiger partial charge < -0.3 is 10.6 Å². The fourth-order valence-electron chi connectivity index (χ4n) is 4.96. The van der Waals surface area contributed by atoms with E-state index in [9.17, 15) is 0 Å². The first kappa shape index (κ1) is 19.3. The molecule has 2 aliphatic rings. The van der Waals surface area contributed by atoms with Crippen LogP contribution >= 0.6 is 23.2 Å². The summed E-state index contributed by atoms with van der Waals surface area (Å²) in [5, 5.41) is 9.03. The minimum Gasteiger partial charge on any atom is -0.312 e. The lowest BCUT2D eigenvalue weighted by atomic mass is 9.44. The molecule has 0 saturated heterocycles. The van der Waals surface area contributed by atoms with Crippen molar-refractivity contribution in [3.63, 3.8) is 0 Å². The first-order valence-electron chi connectivity index (χ1n) is 10.1. The third-order valence-corrected chi connectivity index (χ3v) is 7.61. The smallest absolute Gasteiger partial charge is 0.0450 e. The highest BCUT2D eigenvalue weighted by molar-refractivity contribution is 6.31. The predicted octanol–water partition coefficient (Wildman–Crippen LogP) is 5.68. The van der Waals surface area contributed by atoms with Crippen LogP contribution in [0, 0.1) is 17.3 Å². The molecule has 2 aromatic rings. The summed E-state index contributed by atoms with van der Waals surface area (Å²) < 4.78 is 0. The Morgan fingerprint density at radius 2 is 1.19 bits per heavy atom. The Bertz CT molecular complexity index is 711. The van der Waals surface area contributed by atoms with Crippen LogP contribution in [0.4, 0.5) is 0 Å². The zero-order valence-corrected chi connectivity index (χ0v) is 17.2. The lowest BCUT2D eigenvalue weighted by molar-refractivity contribution is -0.110. The Kier molecular flexibility index (Phi) is 6.08. The molecule has 0 radical (unpaired) electrons. The summed E-state index contributed by atoms with van der Waals surface area (Å²) >= 11 is 12.5. The predicted molar refractivity (Wildman–Crippen MR) is 114 cm³/mol. The summed E-state index contributed by atoms with van der Waals surface area (Å²) in [5.74, 6) is 1.61. The summed E-state index contributed by atoms with van der Waals surface area (Å²) in [6, 6.07) is 16.2. The van der Waals surface area contributed by atoms with E-state index in [1.807, 2.05) is 24.3 Å². The maximum absolute atomic E-state index is 6.27. The van der Waals surface area contributed by atoms with Gasteiger partial charge in [-0.25, -0.2) is 0 Å². The van der Waals surface area contributed by atoms with Gasteiger partial charge in [0.1, 0.15) is 0 Å². The lowest BCUT2D eigenvalue weighted by Crippen LogP contribution is -2.58. The zero-order valence-electron chi connectivity index (χ0n) is 15.7. The molecular formula is C23H28Cl2N2. The van der Waals surface area contributed by atoms with Crippen molar-refractivity contribution in [2.75, 3.05) is 13.1 Å². The van der Waals surface area contributed by atoms with Gasteiger partial charge in [0.2, 0.25) is 0 Å². The van der Waals surface area contributed by atoms with E-state index in [2.05, 4.69) is 34.9 Å². The number of hydrogen-bond donors (Lipinski definition) is 2. The normalized spacial score (nSPS) is 26.6. The SMILES string of the molecule is Clc1ccccc1CNCC1CCC12CCC2CNCc1ccccc1Cl. The average molecular weight is 403 g/mol. The Morgan fingerprint density at radius 1 is 0.741 bits per heavy atom. The standard InChI is InChI=1S/C23H28Cl2N2/c24-21-7-3-1-5-17(21)13-26-15-19-9-11-23(19)12-10-20(23)16-27-14-18-6-2-4-8-22(18)25/h1-8,19-20,26-27H,9-16H2. The highest BCUT2D eigenvalue weighted by atomic mass is 35.5. The summed E-state index contributed by atoms with van der Waals surface area (Å²) in [6.07, 6.45) is 5.50. The molecule has 0 bridgehead atoms. The molecular weight excluding hydrogens is 375 g/mol. The molecule has 27 heavy (non-hydrogen) atoms. The third kappa shape index (κ3) is 4.05. The van der Waals surface area contributed by atoms with Gasteiger partial charge in [-0.3, -0.25) is 0 Å². The fourth-order valence-corrected chi connectivity index (χ4v) is 5.37.